The van der Waals surface area contributed by atoms with Gasteiger partial charge in [-0.05, 0) is 36.8 Å². The lowest BCUT2D eigenvalue weighted by atomic mass is 9.94. The van der Waals surface area contributed by atoms with Crippen LogP contribution in [0.1, 0.15) is 68.9 Å². The Bertz CT molecular complexity index is 528. The second-order valence-electron chi connectivity index (χ2n) is 6.16. The molecule has 0 aromatic heterocycles. The van der Waals surface area contributed by atoms with Gasteiger partial charge in [0.05, 0.1) is 13.7 Å². The van der Waals surface area contributed by atoms with Crippen LogP contribution in [0.5, 0.6) is 5.75 Å². The fourth-order valence-corrected chi connectivity index (χ4v) is 3.18. The molecule has 1 aromatic rings. The maximum atomic E-state index is 11.4. The van der Waals surface area contributed by atoms with Crippen LogP contribution in [0.4, 0.5) is 0 Å². The highest BCUT2D eigenvalue weighted by atomic mass is 16.5. The summed E-state index contributed by atoms with van der Waals surface area (Å²) in [5.41, 5.74) is 2.27. The summed E-state index contributed by atoms with van der Waals surface area (Å²) in [4.78, 5) is 11.4. The fourth-order valence-electron chi connectivity index (χ4n) is 3.18. The van der Waals surface area contributed by atoms with Gasteiger partial charge in [0, 0.05) is 11.6 Å². The van der Waals surface area contributed by atoms with Crippen molar-refractivity contribution in [1.82, 2.24) is 0 Å². The fraction of sp³-hybridized carbons (Fsp3) is 0.550. The van der Waals surface area contributed by atoms with Crippen LogP contribution in [0.3, 0.4) is 0 Å². The number of benzene rings is 1. The van der Waals surface area contributed by atoms with Crippen molar-refractivity contribution in [3.8, 4) is 5.75 Å². The van der Waals surface area contributed by atoms with Crippen molar-refractivity contribution >= 4 is 12.0 Å². The van der Waals surface area contributed by atoms with Gasteiger partial charge >= 0.3 is 5.97 Å². The molecule has 0 unspecified atom stereocenters. The molecule has 0 saturated heterocycles. The van der Waals surface area contributed by atoms with Crippen LogP contribution in [0.25, 0.3) is 6.08 Å². The molecule has 126 valence electrons. The number of esters is 1. The van der Waals surface area contributed by atoms with E-state index in [2.05, 4.69) is 23.8 Å². The van der Waals surface area contributed by atoms with Gasteiger partial charge in [-0.25, -0.2) is 4.79 Å². The van der Waals surface area contributed by atoms with Gasteiger partial charge in [0.25, 0.3) is 0 Å². The van der Waals surface area contributed by atoms with Gasteiger partial charge in [-0.2, -0.15) is 0 Å². The van der Waals surface area contributed by atoms with E-state index in [4.69, 9.17) is 4.74 Å². The third-order valence-corrected chi connectivity index (χ3v) is 4.47. The Balaban J connectivity index is 2.22. The standard InChI is InChI=1S/C20H28O3/c1-3-4-7-15-23-20-17(13-14-19(21)22-2)11-8-12-18(20)16-9-5-6-10-16/h8,11-14,16H,3-7,9-10,15H2,1-2H3/b14-13+. The van der Waals surface area contributed by atoms with Crippen molar-refractivity contribution in [3.05, 3.63) is 35.4 Å². The van der Waals surface area contributed by atoms with E-state index >= 15 is 0 Å². The van der Waals surface area contributed by atoms with Gasteiger partial charge < -0.3 is 9.47 Å². The van der Waals surface area contributed by atoms with E-state index in [9.17, 15) is 4.79 Å². The number of carbonyl (C=O) groups is 1. The molecular formula is C20H28O3. The van der Waals surface area contributed by atoms with Gasteiger partial charge in [0.1, 0.15) is 5.75 Å². The molecule has 0 heterocycles. The lowest BCUT2D eigenvalue weighted by Crippen LogP contribution is -2.04. The van der Waals surface area contributed by atoms with Gasteiger partial charge in [-0.15, -0.1) is 0 Å². The Labute approximate surface area is 139 Å². The molecule has 1 aromatic carbocycles. The average molecular weight is 316 g/mol. The van der Waals surface area contributed by atoms with Crippen molar-refractivity contribution in [2.24, 2.45) is 0 Å². The summed E-state index contributed by atoms with van der Waals surface area (Å²) in [5.74, 6) is 1.20. The number of para-hydroxylation sites is 1. The summed E-state index contributed by atoms with van der Waals surface area (Å²) in [6, 6.07) is 6.25. The zero-order valence-corrected chi connectivity index (χ0v) is 14.3. The second-order valence-corrected chi connectivity index (χ2v) is 6.16. The van der Waals surface area contributed by atoms with Crippen LogP contribution in [0, 0.1) is 0 Å². The third-order valence-electron chi connectivity index (χ3n) is 4.47. The van der Waals surface area contributed by atoms with Crippen LogP contribution < -0.4 is 4.74 Å². The molecule has 0 amide bonds. The first-order chi connectivity index (χ1) is 11.3. The zero-order chi connectivity index (χ0) is 16.5. The van der Waals surface area contributed by atoms with Crippen molar-refractivity contribution < 1.29 is 14.3 Å². The zero-order valence-electron chi connectivity index (χ0n) is 14.3. The van der Waals surface area contributed by atoms with E-state index in [-0.39, 0.29) is 5.97 Å². The summed E-state index contributed by atoms with van der Waals surface area (Å²) >= 11 is 0. The molecule has 0 bridgehead atoms. The Hall–Kier alpha value is -1.77. The normalized spacial score (nSPS) is 15.2. The number of hydrogen-bond acceptors (Lipinski definition) is 3. The van der Waals surface area contributed by atoms with Gasteiger partial charge in [0.15, 0.2) is 0 Å². The molecule has 1 aliphatic carbocycles. The van der Waals surface area contributed by atoms with Crippen LogP contribution in [-0.2, 0) is 9.53 Å². The predicted molar refractivity (Wildman–Crippen MR) is 93.7 cm³/mol. The molecule has 1 aliphatic rings. The molecule has 0 atom stereocenters. The van der Waals surface area contributed by atoms with E-state index in [1.807, 2.05) is 6.07 Å². The molecular weight excluding hydrogens is 288 g/mol. The molecule has 23 heavy (non-hydrogen) atoms. The Morgan fingerprint density at radius 1 is 1.26 bits per heavy atom. The van der Waals surface area contributed by atoms with Gasteiger partial charge in [-0.1, -0.05) is 50.8 Å². The largest absolute Gasteiger partial charge is 0.493 e. The molecule has 0 spiro atoms. The maximum Gasteiger partial charge on any atom is 0.330 e. The summed E-state index contributed by atoms with van der Waals surface area (Å²) in [5, 5.41) is 0. The van der Waals surface area contributed by atoms with E-state index in [0.29, 0.717) is 5.92 Å². The SMILES string of the molecule is CCCCCOc1c(/C=C/C(=O)OC)cccc1C1CCCC1. The number of methoxy groups -OCH3 is 1. The average Bonchev–Trinajstić information content (AvgIpc) is 3.11. The summed E-state index contributed by atoms with van der Waals surface area (Å²) in [7, 11) is 1.39. The minimum atomic E-state index is -0.340. The van der Waals surface area contributed by atoms with Gasteiger partial charge in [-0.3, -0.25) is 0 Å². The smallest absolute Gasteiger partial charge is 0.330 e. The minimum Gasteiger partial charge on any atom is -0.493 e. The van der Waals surface area contributed by atoms with E-state index in [1.54, 1.807) is 6.08 Å². The van der Waals surface area contributed by atoms with Crippen LogP contribution >= 0.6 is 0 Å². The lowest BCUT2D eigenvalue weighted by Gasteiger charge is -2.18. The third kappa shape index (κ3) is 5.12. The quantitative estimate of drug-likeness (QED) is 0.380. The Morgan fingerprint density at radius 2 is 2.04 bits per heavy atom. The topological polar surface area (TPSA) is 35.5 Å². The molecule has 2 rings (SSSR count). The first kappa shape index (κ1) is 17.6. The molecule has 0 radical (unpaired) electrons. The summed E-state index contributed by atoms with van der Waals surface area (Å²) < 4.78 is 10.8. The van der Waals surface area contributed by atoms with E-state index < -0.39 is 0 Å². The van der Waals surface area contributed by atoms with Crippen LogP contribution in [-0.4, -0.2) is 19.7 Å². The molecule has 0 aliphatic heterocycles. The van der Waals surface area contributed by atoms with Gasteiger partial charge in [0.2, 0.25) is 0 Å². The van der Waals surface area contributed by atoms with Crippen molar-refractivity contribution in [2.45, 2.75) is 57.8 Å². The summed E-state index contributed by atoms with van der Waals surface area (Å²) in [6.07, 6.45) is 11.7. The number of hydrogen-bond donors (Lipinski definition) is 0. The highest BCUT2D eigenvalue weighted by molar-refractivity contribution is 5.87. The molecule has 3 heteroatoms. The first-order valence-electron chi connectivity index (χ1n) is 8.78. The van der Waals surface area contributed by atoms with Crippen molar-refractivity contribution in [2.75, 3.05) is 13.7 Å². The number of rotatable bonds is 8. The van der Waals surface area contributed by atoms with Crippen LogP contribution in [0.15, 0.2) is 24.3 Å². The van der Waals surface area contributed by atoms with Crippen molar-refractivity contribution in [3.63, 3.8) is 0 Å². The van der Waals surface area contributed by atoms with Crippen LogP contribution in [0.2, 0.25) is 0 Å². The predicted octanol–water partition coefficient (Wildman–Crippen LogP) is 5.10. The second kappa shape index (κ2) is 9.39. The highest BCUT2D eigenvalue weighted by Gasteiger charge is 2.21. The molecule has 0 N–H and O–H groups in total. The highest BCUT2D eigenvalue weighted by Crippen LogP contribution is 2.40. The minimum absolute atomic E-state index is 0.340. The summed E-state index contributed by atoms with van der Waals surface area (Å²) in [6.45, 7) is 2.92. The number of ether oxygens (including phenoxy) is 2. The number of carbonyl (C=O) groups excluding carboxylic acids is 1. The lowest BCUT2D eigenvalue weighted by molar-refractivity contribution is -0.134. The Morgan fingerprint density at radius 3 is 2.74 bits per heavy atom. The molecule has 1 fully saturated rings. The molecule has 1 saturated carbocycles. The Kier molecular flexibility index (Phi) is 7.18. The maximum absolute atomic E-state index is 11.4. The van der Waals surface area contributed by atoms with Crippen molar-refractivity contribution in [1.29, 1.82) is 0 Å². The number of unbranched alkanes of at least 4 members (excludes halogenated alkanes) is 2. The van der Waals surface area contributed by atoms with E-state index in [0.717, 1.165) is 24.3 Å². The molecule has 3 nitrogen and oxygen atoms in total. The monoisotopic (exact) mass is 316 g/mol. The van der Waals surface area contributed by atoms with E-state index in [1.165, 1.54) is 57.3 Å². The first-order valence-corrected chi connectivity index (χ1v) is 8.78.